The van der Waals surface area contributed by atoms with Gasteiger partial charge >= 0.3 is 0 Å². The van der Waals surface area contributed by atoms with Gasteiger partial charge in [0.15, 0.2) is 0 Å². The summed E-state index contributed by atoms with van der Waals surface area (Å²) in [4.78, 5) is 6.28. The zero-order valence-electron chi connectivity index (χ0n) is 11.8. The summed E-state index contributed by atoms with van der Waals surface area (Å²) in [5.74, 6) is 0.477. The van der Waals surface area contributed by atoms with E-state index >= 15 is 0 Å². The van der Waals surface area contributed by atoms with Gasteiger partial charge in [-0.15, -0.1) is 11.3 Å². The number of hydrogen-bond donors (Lipinski definition) is 1. The van der Waals surface area contributed by atoms with E-state index in [0.717, 1.165) is 13.0 Å². The molecule has 0 spiro atoms. The lowest BCUT2D eigenvalue weighted by atomic mass is 9.98. The van der Waals surface area contributed by atoms with Gasteiger partial charge in [-0.05, 0) is 39.2 Å². The van der Waals surface area contributed by atoms with Crippen molar-refractivity contribution in [3.8, 4) is 0 Å². The van der Waals surface area contributed by atoms with E-state index in [0.29, 0.717) is 12.0 Å². The fourth-order valence-corrected chi connectivity index (χ4v) is 4.05. The lowest BCUT2D eigenvalue weighted by Crippen LogP contribution is -2.19. The molecule has 102 valence electrons. The van der Waals surface area contributed by atoms with Crippen LogP contribution in [-0.2, 0) is 11.2 Å². The first kappa shape index (κ1) is 14.0. The second kappa shape index (κ2) is 6.13. The average molecular weight is 268 g/mol. The number of thiazole rings is 1. The smallest absolute Gasteiger partial charge is 0.122 e. The molecule has 18 heavy (non-hydrogen) atoms. The highest BCUT2D eigenvalue weighted by atomic mass is 32.1. The maximum absolute atomic E-state index is 5.86. The first-order chi connectivity index (χ1) is 8.67. The van der Waals surface area contributed by atoms with Gasteiger partial charge in [-0.25, -0.2) is 4.98 Å². The first-order valence-electron chi connectivity index (χ1n) is 6.95. The Labute approximate surface area is 114 Å². The Hall–Kier alpha value is -0.450. The predicted octanol–water partition coefficient (Wildman–Crippen LogP) is 3.47. The Kier molecular flexibility index (Phi) is 4.76. The van der Waals surface area contributed by atoms with Crippen LogP contribution in [0.5, 0.6) is 0 Å². The molecule has 0 saturated heterocycles. The second-order valence-electron chi connectivity index (χ2n) is 5.22. The number of hydrogen-bond acceptors (Lipinski definition) is 4. The highest BCUT2D eigenvalue weighted by molar-refractivity contribution is 7.11. The Morgan fingerprint density at radius 1 is 1.50 bits per heavy atom. The number of nitrogens with zero attached hydrogens (tertiary/aromatic N) is 1. The molecule has 1 aliphatic carbocycles. The van der Waals surface area contributed by atoms with Gasteiger partial charge in [0.1, 0.15) is 11.1 Å². The Bertz CT molecular complexity index is 389. The van der Waals surface area contributed by atoms with Crippen molar-refractivity contribution in [2.75, 3.05) is 13.7 Å². The third-order valence-corrected chi connectivity index (χ3v) is 4.78. The minimum atomic E-state index is 0.156. The molecule has 0 saturated carbocycles. The Balaban J connectivity index is 2.27. The van der Waals surface area contributed by atoms with Crippen molar-refractivity contribution >= 4 is 11.3 Å². The molecule has 0 aromatic carbocycles. The van der Waals surface area contributed by atoms with Gasteiger partial charge in [0, 0.05) is 17.5 Å². The molecule has 0 amide bonds. The molecule has 0 aliphatic heterocycles. The third kappa shape index (κ3) is 2.76. The summed E-state index contributed by atoms with van der Waals surface area (Å²) < 4.78 is 5.86. The maximum Gasteiger partial charge on any atom is 0.122 e. The lowest BCUT2D eigenvalue weighted by Gasteiger charge is -2.20. The summed E-state index contributed by atoms with van der Waals surface area (Å²) in [6.07, 6.45) is 3.75. The summed E-state index contributed by atoms with van der Waals surface area (Å²) in [5, 5.41) is 4.57. The van der Waals surface area contributed by atoms with Gasteiger partial charge in [-0.2, -0.15) is 0 Å². The SMILES string of the molecule is CCOC(c1nc2c(s1)C(NC)CCC2)C(C)C. The van der Waals surface area contributed by atoms with Crippen LogP contribution in [0.1, 0.15) is 61.3 Å². The van der Waals surface area contributed by atoms with Crippen LogP contribution in [0.2, 0.25) is 0 Å². The van der Waals surface area contributed by atoms with Crippen LogP contribution >= 0.6 is 11.3 Å². The van der Waals surface area contributed by atoms with Gasteiger partial charge in [0.05, 0.1) is 5.69 Å². The number of nitrogens with one attached hydrogen (secondary N) is 1. The van der Waals surface area contributed by atoms with Crippen molar-refractivity contribution in [2.24, 2.45) is 5.92 Å². The number of ether oxygens (including phenoxy) is 1. The Morgan fingerprint density at radius 2 is 2.28 bits per heavy atom. The maximum atomic E-state index is 5.86. The zero-order chi connectivity index (χ0) is 13.1. The van der Waals surface area contributed by atoms with Crippen molar-refractivity contribution in [3.63, 3.8) is 0 Å². The quantitative estimate of drug-likeness (QED) is 0.888. The fourth-order valence-electron chi connectivity index (χ4n) is 2.56. The Morgan fingerprint density at radius 3 is 2.89 bits per heavy atom. The van der Waals surface area contributed by atoms with Crippen LogP contribution in [0, 0.1) is 5.92 Å². The highest BCUT2D eigenvalue weighted by Gasteiger charge is 2.27. The number of aromatic nitrogens is 1. The molecule has 2 atom stereocenters. The summed E-state index contributed by atoms with van der Waals surface area (Å²) in [7, 11) is 2.04. The van der Waals surface area contributed by atoms with E-state index in [1.54, 1.807) is 0 Å². The van der Waals surface area contributed by atoms with Crippen LogP contribution in [0.25, 0.3) is 0 Å². The predicted molar refractivity (Wildman–Crippen MR) is 76.1 cm³/mol. The van der Waals surface area contributed by atoms with Crippen LogP contribution in [-0.4, -0.2) is 18.6 Å². The lowest BCUT2D eigenvalue weighted by molar-refractivity contribution is 0.0292. The van der Waals surface area contributed by atoms with Crippen LogP contribution in [0.4, 0.5) is 0 Å². The second-order valence-corrected chi connectivity index (χ2v) is 6.28. The molecule has 2 unspecified atom stereocenters. The molecule has 4 heteroatoms. The molecule has 1 aromatic rings. The number of fused-ring (bicyclic) bond motifs is 1. The van der Waals surface area contributed by atoms with Gasteiger partial charge < -0.3 is 10.1 Å². The van der Waals surface area contributed by atoms with E-state index in [1.165, 1.54) is 28.4 Å². The monoisotopic (exact) mass is 268 g/mol. The topological polar surface area (TPSA) is 34.1 Å². The van der Waals surface area contributed by atoms with Crippen molar-refractivity contribution in [3.05, 3.63) is 15.6 Å². The molecule has 0 radical (unpaired) electrons. The number of rotatable bonds is 5. The molecular formula is C14H24N2OS. The molecule has 1 N–H and O–H groups in total. The normalized spacial score (nSPS) is 21.1. The highest BCUT2D eigenvalue weighted by Crippen LogP contribution is 2.38. The van der Waals surface area contributed by atoms with Crippen LogP contribution < -0.4 is 5.32 Å². The molecule has 0 bridgehead atoms. The summed E-state index contributed by atoms with van der Waals surface area (Å²) in [6.45, 7) is 7.22. The van der Waals surface area contributed by atoms with Crippen LogP contribution in [0.15, 0.2) is 0 Å². The molecule has 1 aliphatic rings. The van der Waals surface area contributed by atoms with E-state index in [4.69, 9.17) is 9.72 Å². The van der Waals surface area contributed by atoms with Crippen molar-refractivity contribution in [1.82, 2.24) is 10.3 Å². The van der Waals surface area contributed by atoms with E-state index in [9.17, 15) is 0 Å². The molecule has 1 heterocycles. The van der Waals surface area contributed by atoms with Crippen molar-refractivity contribution in [2.45, 2.75) is 52.2 Å². The fraction of sp³-hybridized carbons (Fsp3) is 0.786. The van der Waals surface area contributed by atoms with Crippen molar-refractivity contribution in [1.29, 1.82) is 0 Å². The minimum absolute atomic E-state index is 0.156. The van der Waals surface area contributed by atoms with Gasteiger partial charge in [-0.3, -0.25) is 0 Å². The van der Waals surface area contributed by atoms with E-state index in [-0.39, 0.29) is 6.10 Å². The number of aryl methyl sites for hydroxylation is 1. The van der Waals surface area contributed by atoms with E-state index in [2.05, 4.69) is 26.1 Å². The standard InChI is InChI=1S/C14H24N2OS/c1-5-17-12(9(2)3)14-16-11-8-6-7-10(15-4)13(11)18-14/h9-10,12,15H,5-8H2,1-4H3. The first-order valence-corrected chi connectivity index (χ1v) is 7.77. The molecular weight excluding hydrogens is 244 g/mol. The van der Waals surface area contributed by atoms with Crippen molar-refractivity contribution < 1.29 is 4.74 Å². The summed E-state index contributed by atoms with van der Waals surface area (Å²) >= 11 is 1.85. The molecule has 2 rings (SSSR count). The minimum Gasteiger partial charge on any atom is -0.371 e. The summed E-state index contributed by atoms with van der Waals surface area (Å²) in [5.41, 5.74) is 1.30. The summed E-state index contributed by atoms with van der Waals surface area (Å²) in [6, 6.07) is 0.495. The molecule has 1 aromatic heterocycles. The molecule has 3 nitrogen and oxygen atoms in total. The molecule has 0 fully saturated rings. The van der Waals surface area contributed by atoms with Crippen LogP contribution in [0.3, 0.4) is 0 Å². The zero-order valence-corrected chi connectivity index (χ0v) is 12.6. The van der Waals surface area contributed by atoms with Gasteiger partial charge in [0.25, 0.3) is 0 Å². The van der Waals surface area contributed by atoms with Gasteiger partial charge in [0.2, 0.25) is 0 Å². The van der Waals surface area contributed by atoms with E-state index in [1.807, 2.05) is 18.4 Å². The third-order valence-electron chi connectivity index (χ3n) is 3.51. The van der Waals surface area contributed by atoms with Gasteiger partial charge in [-0.1, -0.05) is 13.8 Å². The average Bonchev–Trinajstić information content (AvgIpc) is 2.78. The van der Waals surface area contributed by atoms with E-state index < -0.39 is 0 Å². The largest absolute Gasteiger partial charge is 0.371 e.